The lowest BCUT2D eigenvalue weighted by Crippen LogP contribution is -2.24. The second kappa shape index (κ2) is 8.63. The highest BCUT2D eigenvalue weighted by atomic mass is 19.4. The van der Waals surface area contributed by atoms with Gasteiger partial charge in [-0.1, -0.05) is 42.5 Å². The predicted octanol–water partition coefficient (Wildman–Crippen LogP) is 5.87. The molecule has 0 fully saturated rings. The zero-order valence-corrected chi connectivity index (χ0v) is 17.9. The average Bonchev–Trinajstić information content (AvgIpc) is 2.79. The van der Waals surface area contributed by atoms with Gasteiger partial charge < -0.3 is 10.4 Å². The van der Waals surface area contributed by atoms with E-state index in [2.05, 4.69) is 20.3 Å². The maximum Gasteiger partial charge on any atom is 0.433 e. The first-order valence-corrected chi connectivity index (χ1v) is 10.2. The van der Waals surface area contributed by atoms with Crippen LogP contribution in [-0.4, -0.2) is 20.1 Å². The lowest BCUT2D eigenvalue weighted by Gasteiger charge is -2.23. The molecule has 4 rings (SSSR count). The van der Waals surface area contributed by atoms with Gasteiger partial charge in [-0.2, -0.15) is 13.2 Å². The van der Waals surface area contributed by atoms with Crippen LogP contribution >= 0.6 is 0 Å². The van der Waals surface area contributed by atoms with Crippen LogP contribution in [0.1, 0.15) is 29.4 Å². The van der Waals surface area contributed by atoms with Crippen molar-refractivity contribution in [1.82, 2.24) is 15.0 Å². The van der Waals surface area contributed by atoms with E-state index >= 15 is 0 Å². The number of aromatic nitrogens is 3. The number of benzene rings is 2. The van der Waals surface area contributed by atoms with Gasteiger partial charge in [0.2, 0.25) is 5.95 Å². The van der Waals surface area contributed by atoms with Gasteiger partial charge in [0.15, 0.2) is 0 Å². The molecule has 0 spiro atoms. The van der Waals surface area contributed by atoms with Crippen LogP contribution in [0.25, 0.3) is 11.1 Å². The molecule has 2 N–H and O–H groups in total. The highest BCUT2D eigenvalue weighted by Crippen LogP contribution is 2.31. The third-order valence-electron chi connectivity index (χ3n) is 5.21. The molecular formula is C25H21F3N4O. The summed E-state index contributed by atoms with van der Waals surface area (Å²) in [6.45, 7) is 3.57. The van der Waals surface area contributed by atoms with Crippen LogP contribution in [0, 0.1) is 6.92 Å². The summed E-state index contributed by atoms with van der Waals surface area (Å²) in [6, 6.07) is 19.2. The van der Waals surface area contributed by atoms with Crippen molar-refractivity contribution in [3.8, 4) is 11.1 Å². The van der Waals surface area contributed by atoms with Crippen LogP contribution in [0.2, 0.25) is 0 Å². The minimum Gasteiger partial charge on any atom is -0.379 e. The fourth-order valence-corrected chi connectivity index (χ4v) is 3.49. The molecule has 0 radical (unpaired) electrons. The summed E-state index contributed by atoms with van der Waals surface area (Å²) in [7, 11) is 0. The number of aliphatic hydroxyl groups is 1. The van der Waals surface area contributed by atoms with Gasteiger partial charge >= 0.3 is 6.18 Å². The Balaban J connectivity index is 1.61. The van der Waals surface area contributed by atoms with Crippen LogP contribution in [-0.2, 0) is 11.8 Å². The number of hydrogen-bond donors (Lipinski definition) is 2. The standard InChI is InChI=1S/C25H21F3N4O/c1-16-12-18(14-20(13-16)31-23-29-11-10-22(32-23)25(26,27)28)17-8-9-21(30-15-17)24(2,33)19-6-4-3-5-7-19/h3-15,33H,1-2H3,(H,29,31,32). The molecule has 5 nitrogen and oxygen atoms in total. The van der Waals surface area contributed by atoms with Gasteiger partial charge in [-0.3, -0.25) is 4.98 Å². The predicted molar refractivity (Wildman–Crippen MR) is 120 cm³/mol. The number of alkyl halides is 3. The van der Waals surface area contributed by atoms with E-state index in [0.717, 1.165) is 34.5 Å². The topological polar surface area (TPSA) is 70.9 Å². The minimum atomic E-state index is -4.55. The first-order chi connectivity index (χ1) is 15.6. The Morgan fingerprint density at radius 1 is 0.848 bits per heavy atom. The number of aryl methyl sites for hydroxylation is 1. The number of anilines is 2. The van der Waals surface area contributed by atoms with Crippen molar-refractivity contribution in [1.29, 1.82) is 0 Å². The maximum atomic E-state index is 12.9. The smallest absolute Gasteiger partial charge is 0.379 e. The summed E-state index contributed by atoms with van der Waals surface area (Å²) in [5, 5.41) is 13.8. The fourth-order valence-electron chi connectivity index (χ4n) is 3.49. The van der Waals surface area contributed by atoms with Crippen LogP contribution in [0.5, 0.6) is 0 Å². The van der Waals surface area contributed by atoms with Gasteiger partial charge in [0, 0.05) is 23.6 Å². The van der Waals surface area contributed by atoms with Crippen LogP contribution < -0.4 is 5.32 Å². The van der Waals surface area contributed by atoms with E-state index in [1.807, 2.05) is 49.4 Å². The zero-order valence-electron chi connectivity index (χ0n) is 17.9. The van der Waals surface area contributed by atoms with E-state index in [9.17, 15) is 18.3 Å². The monoisotopic (exact) mass is 450 g/mol. The molecule has 0 saturated carbocycles. The molecule has 2 aromatic heterocycles. The van der Waals surface area contributed by atoms with Crippen molar-refractivity contribution in [3.63, 3.8) is 0 Å². The quantitative estimate of drug-likeness (QED) is 0.398. The fraction of sp³-hybridized carbons (Fsp3) is 0.160. The van der Waals surface area contributed by atoms with Crippen molar-refractivity contribution in [2.75, 3.05) is 5.32 Å². The Labute approximate surface area is 189 Å². The average molecular weight is 450 g/mol. The van der Waals surface area contributed by atoms with Crippen LogP contribution in [0.4, 0.5) is 24.8 Å². The van der Waals surface area contributed by atoms with Gasteiger partial charge in [0.05, 0.1) is 5.69 Å². The Hall–Kier alpha value is -3.78. The van der Waals surface area contributed by atoms with Crippen molar-refractivity contribution >= 4 is 11.6 Å². The molecule has 1 atom stereocenters. The first-order valence-electron chi connectivity index (χ1n) is 10.2. The number of hydrogen-bond acceptors (Lipinski definition) is 5. The molecule has 0 bridgehead atoms. The Kier molecular flexibility index (Phi) is 5.86. The molecule has 0 saturated heterocycles. The highest BCUT2D eigenvalue weighted by molar-refractivity contribution is 5.70. The number of nitrogens with one attached hydrogen (secondary N) is 1. The third kappa shape index (κ3) is 5.01. The van der Waals surface area contributed by atoms with E-state index in [0.29, 0.717) is 11.4 Å². The molecule has 0 aliphatic rings. The van der Waals surface area contributed by atoms with Crippen molar-refractivity contribution in [2.45, 2.75) is 25.6 Å². The summed E-state index contributed by atoms with van der Waals surface area (Å²) in [4.78, 5) is 11.9. The molecule has 1 unspecified atom stereocenters. The summed E-state index contributed by atoms with van der Waals surface area (Å²) in [5.41, 5.74) is 2.00. The molecule has 2 aromatic carbocycles. The van der Waals surface area contributed by atoms with Gasteiger partial charge in [-0.15, -0.1) is 0 Å². The molecule has 0 amide bonds. The molecule has 0 aliphatic heterocycles. The Bertz CT molecular complexity index is 1260. The maximum absolute atomic E-state index is 12.9. The Morgan fingerprint density at radius 2 is 1.61 bits per heavy atom. The summed E-state index contributed by atoms with van der Waals surface area (Å²) in [5.74, 6) is -0.145. The number of rotatable bonds is 5. The van der Waals surface area contributed by atoms with Gasteiger partial charge in [-0.25, -0.2) is 9.97 Å². The molecule has 4 aromatic rings. The summed E-state index contributed by atoms with van der Waals surface area (Å²) >= 11 is 0. The molecule has 33 heavy (non-hydrogen) atoms. The number of nitrogens with zero attached hydrogens (tertiary/aromatic N) is 3. The minimum absolute atomic E-state index is 0.145. The van der Waals surface area contributed by atoms with Crippen molar-refractivity contribution in [3.05, 3.63) is 102 Å². The van der Waals surface area contributed by atoms with Crippen molar-refractivity contribution < 1.29 is 18.3 Å². The van der Waals surface area contributed by atoms with Crippen LogP contribution in [0.15, 0.2) is 79.1 Å². The highest BCUT2D eigenvalue weighted by Gasteiger charge is 2.32. The second-order valence-corrected chi connectivity index (χ2v) is 7.85. The lowest BCUT2D eigenvalue weighted by atomic mass is 9.91. The van der Waals surface area contributed by atoms with E-state index in [-0.39, 0.29) is 5.95 Å². The van der Waals surface area contributed by atoms with Gasteiger partial charge in [0.25, 0.3) is 0 Å². The molecule has 2 heterocycles. The van der Waals surface area contributed by atoms with E-state index in [1.165, 1.54) is 0 Å². The summed E-state index contributed by atoms with van der Waals surface area (Å²) < 4.78 is 38.8. The first kappa shape index (κ1) is 22.4. The SMILES string of the molecule is Cc1cc(Nc2nccc(C(F)(F)F)n2)cc(-c2ccc(C(C)(O)c3ccccc3)nc2)c1. The van der Waals surface area contributed by atoms with E-state index < -0.39 is 17.5 Å². The second-order valence-electron chi connectivity index (χ2n) is 7.85. The molecular weight excluding hydrogens is 429 g/mol. The summed E-state index contributed by atoms with van der Waals surface area (Å²) in [6.07, 6.45) is -1.83. The molecule has 0 aliphatic carbocycles. The van der Waals surface area contributed by atoms with Gasteiger partial charge in [-0.05, 0) is 54.8 Å². The van der Waals surface area contributed by atoms with Gasteiger partial charge in [0.1, 0.15) is 11.3 Å². The lowest BCUT2D eigenvalue weighted by molar-refractivity contribution is -0.141. The van der Waals surface area contributed by atoms with E-state index in [1.54, 1.807) is 31.3 Å². The zero-order chi connectivity index (χ0) is 23.6. The largest absolute Gasteiger partial charge is 0.433 e. The van der Waals surface area contributed by atoms with Crippen molar-refractivity contribution in [2.24, 2.45) is 0 Å². The third-order valence-corrected chi connectivity index (χ3v) is 5.21. The van der Waals surface area contributed by atoms with Crippen LogP contribution in [0.3, 0.4) is 0 Å². The normalized spacial score (nSPS) is 13.4. The number of pyridine rings is 1. The number of halogens is 3. The Morgan fingerprint density at radius 3 is 2.27 bits per heavy atom. The van der Waals surface area contributed by atoms with E-state index in [4.69, 9.17) is 0 Å². The molecule has 8 heteroatoms. The molecule has 168 valence electrons.